The van der Waals surface area contributed by atoms with Gasteiger partial charge in [-0.05, 0) is 63.6 Å². The largest absolute Gasteiger partial charge is 0.449 e. The van der Waals surface area contributed by atoms with Crippen molar-refractivity contribution in [2.75, 3.05) is 4.72 Å². The third-order valence-electron chi connectivity index (χ3n) is 3.73. The average molecular weight is 404 g/mol. The third-order valence-corrected chi connectivity index (χ3v) is 5.11. The molecule has 28 heavy (non-hydrogen) atoms. The van der Waals surface area contributed by atoms with Crippen LogP contribution < -0.4 is 10.0 Å². The summed E-state index contributed by atoms with van der Waals surface area (Å²) in [6.45, 7) is 6.89. The summed E-state index contributed by atoms with van der Waals surface area (Å²) in [6.07, 6.45) is -0.999. The molecule has 150 valence electrons. The number of anilines is 1. The van der Waals surface area contributed by atoms with Gasteiger partial charge in [-0.3, -0.25) is 9.52 Å². The summed E-state index contributed by atoms with van der Waals surface area (Å²) in [5.41, 5.74) is 1.37. The maximum Gasteiger partial charge on any atom is 0.338 e. The van der Waals surface area contributed by atoms with Gasteiger partial charge >= 0.3 is 5.97 Å². The Balaban J connectivity index is 2.16. The van der Waals surface area contributed by atoms with Crippen LogP contribution in [0.15, 0.2) is 53.4 Å². The predicted molar refractivity (Wildman–Crippen MR) is 107 cm³/mol. The van der Waals surface area contributed by atoms with E-state index < -0.39 is 28.0 Å². The van der Waals surface area contributed by atoms with Crippen molar-refractivity contribution in [1.29, 1.82) is 0 Å². The zero-order valence-corrected chi connectivity index (χ0v) is 17.0. The second-order valence-electron chi connectivity index (χ2n) is 6.71. The van der Waals surface area contributed by atoms with Crippen molar-refractivity contribution in [3.63, 3.8) is 0 Å². The van der Waals surface area contributed by atoms with Gasteiger partial charge in [-0.2, -0.15) is 0 Å². The maximum absolute atomic E-state index is 12.6. The van der Waals surface area contributed by atoms with Gasteiger partial charge in [-0.15, -0.1) is 0 Å². The molecular weight excluding hydrogens is 380 g/mol. The standard InChI is InChI=1S/C20H24N2O5S/c1-13(2)21-19(23)15(4)27-20(24)16-8-6-10-18(12-16)28(25,26)22-17-9-5-7-14(3)11-17/h5-13,15,22H,1-4H3,(H,21,23)/t15-/m1/s1. The highest BCUT2D eigenvalue weighted by Crippen LogP contribution is 2.18. The summed E-state index contributed by atoms with van der Waals surface area (Å²) in [4.78, 5) is 24.1. The molecule has 2 aromatic carbocycles. The van der Waals surface area contributed by atoms with E-state index in [9.17, 15) is 18.0 Å². The topological polar surface area (TPSA) is 102 Å². The number of amides is 1. The van der Waals surface area contributed by atoms with E-state index in [0.717, 1.165) is 5.56 Å². The molecule has 0 aromatic heterocycles. The Labute approximate surface area is 165 Å². The number of hydrogen-bond donors (Lipinski definition) is 2. The first kappa shape index (κ1) is 21.4. The number of rotatable bonds is 7. The quantitative estimate of drug-likeness (QED) is 0.691. The van der Waals surface area contributed by atoms with Crippen LogP contribution in [0.2, 0.25) is 0 Å². The van der Waals surface area contributed by atoms with Crippen LogP contribution in [0, 0.1) is 6.92 Å². The number of nitrogens with one attached hydrogen (secondary N) is 2. The smallest absolute Gasteiger partial charge is 0.338 e. The average Bonchev–Trinajstić information content (AvgIpc) is 2.60. The van der Waals surface area contributed by atoms with Crippen LogP contribution >= 0.6 is 0 Å². The molecule has 2 aromatic rings. The van der Waals surface area contributed by atoms with Crippen molar-refractivity contribution in [1.82, 2.24) is 5.32 Å². The van der Waals surface area contributed by atoms with Gasteiger partial charge in [0.15, 0.2) is 6.10 Å². The summed E-state index contributed by atoms with van der Waals surface area (Å²) in [7, 11) is -3.88. The zero-order valence-electron chi connectivity index (χ0n) is 16.2. The van der Waals surface area contributed by atoms with Crippen molar-refractivity contribution >= 4 is 27.6 Å². The van der Waals surface area contributed by atoms with Gasteiger partial charge < -0.3 is 10.1 Å². The molecule has 0 saturated carbocycles. The third kappa shape index (κ3) is 5.82. The van der Waals surface area contributed by atoms with E-state index in [1.807, 2.05) is 13.0 Å². The second-order valence-corrected chi connectivity index (χ2v) is 8.40. The van der Waals surface area contributed by atoms with E-state index in [2.05, 4.69) is 10.0 Å². The van der Waals surface area contributed by atoms with Gasteiger partial charge in [0.2, 0.25) is 0 Å². The predicted octanol–water partition coefficient (Wildman–Crippen LogP) is 2.87. The number of esters is 1. The van der Waals surface area contributed by atoms with Crippen LogP contribution in [0.5, 0.6) is 0 Å². The van der Waals surface area contributed by atoms with Gasteiger partial charge in [0.25, 0.3) is 15.9 Å². The molecule has 0 fully saturated rings. The number of carbonyl (C=O) groups excluding carboxylic acids is 2. The summed E-state index contributed by atoms with van der Waals surface area (Å²) in [6, 6.07) is 12.3. The zero-order chi connectivity index (χ0) is 20.9. The number of hydrogen-bond acceptors (Lipinski definition) is 5. The lowest BCUT2D eigenvalue weighted by atomic mass is 10.2. The van der Waals surface area contributed by atoms with E-state index in [0.29, 0.717) is 5.69 Å². The fraction of sp³-hybridized carbons (Fsp3) is 0.300. The summed E-state index contributed by atoms with van der Waals surface area (Å²) >= 11 is 0. The van der Waals surface area contributed by atoms with Crippen molar-refractivity contribution in [3.8, 4) is 0 Å². The van der Waals surface area contributed by atoms with Gasteiger partial charge in [0, 0.05) is 11.7 Å². The summed E-state index contributed by atoms with van der Waals surface area (Å²) in [5, 5.41) is 2.64. The minimum absolute atomic E-state index is 0.0383. The second kappa shape index (κ2) is 8.88. The molecule has 8 heteroatoms. The Kier molecular flexibility index (Phi) is 6.80. The van der Waals surface area contributed by atoms with Crippen LogP contribution in [0.25, 0.3) is 0 Å². The number of benzene rings is 2. The highest BCUT2D eigenvalue weighted by Gasteiger charge is 2.21. The molecule has 1 amide bonds. The first-order chi connectivity index (χ1) is 13.1. The molecular formula is C20H24N2O5S. The lowest BCUT2D eigenvalue weighted by molar-refractivity contribution is -0.129. The molecule has 0 aliphatic carbocycles. The monoisotopic (exact) mass is 404 g/mol. The fourth-order valence-electron chi connectivity index (χ4n) is 2.40. The Hall–Kier alpha value is -2.87. The van der Waals surface area contributed by atoms with Crippen molar-refractivity contribution < 1.29 is 22.7 Å². The Morgan fingerprint density at radius 2 is 1.68 bits per heavy atom. The Bertz CT molecular complexity index is 970. The molecule has 0 aliphatic heterocycles. The van der Waals surface area contributed by atoms with Crippen LogP contribution in [-0.2, 0) is 19.6 Å². The van der Waals surface area contributed by atoms with E-state index in [1.54, 1.807) is 32.0 Å². The molecule has 0 radical (unpaired) electrons. The minimum Gasteiger partial charge on any atom is -0.449 e. The van der Waals surface area contributed by atoms with Gasteiger partial charge in [0.05, 0.1) is 10.5 Å². The van der Waals surface area contributed by atoms with Gasteiger partial charge in [0.1, 0.15) is 0 Å². The van der Waals surface area contributed by atoms with E-state index in [4.69, 9.17) is 4.74 Å². The van der Waals surface area contributed by atoms with E-state index in [1.165, 1.54) is 31.2 Å². The van der Waals surface area contributed by atoms with Gasteiger partial charge in [-0.1, -0.05) is 18.2 Å². The molecule has 1 atom stereocenters. The Morgan fingerprint density at radius 3 is 2.32 bits per heavy atom. The number of ether oxygens (including phenoxy) is 1. The normalized spacial score (nSPS) is 12.3. The molecule has 0 saturated heterocycles. The first-order valence-electron chi connectivity index (χ1n) is 8.79. The minimum atomic E-state index is -3.88. The van der Waals surface area contributed by atoms with Gasteiger partial charge in [-0.25, -0.2) is 13.2 Å². The molecule has 7 nitrogen and oxygen atoms in total. The number of sulfonamides is 1. The first-order valence-corrected chi connectivity index (χ1v) is 10.3. The number of carbonyl (C=O) groups is 2. The van der Waals surface area contributed by atoms with Crippen molar-refractivity contribution in [3.05, 3.63) is 59.7 Å². The maximum atomic E-state index is 12.6. The molecule has 2 rings (SSSR count). The Morgan fingerprint density at radius 1 is 1.00 bits per heavy atom. The van der Waals surface area contributed by atoms with E-state index in [-0.39, 0.29) is 16.5 Å². The van der Waals surface area contributed by atoms with Crippen molar-refractivity contribution in [2.24, 2.45) is 0 Å². The highest BCUT2D eigenvalue weighted by atomic mass is 32.2. The summed E-state index contributed by atoms with van der Waals surface area (Å²) < 4.78 is 32.8. The number of aryl methyl sites for hydroxylation is 1. The molecule has 0 unspecified atom stereocenters. The fourth-order valence-corrected chi connectivity index (χ4v) is 3.49. The SMILES string of the molecule is Cc1cccc(NS(=O)(=O)c2cccc(C(=O)O[C@H](C)C(=O)NC(C)C)c2)c1. The van der Waals surface area contributed by atoms with Crippen LogP contribution in [0.3, 0.4) is 0 Å². The molecule has 0 spiro atoms. The molecule has 0 heterocycles. The van der Waals surface area contributed by atoms with Crippen LogP contribution in [0.4, 0.5) is 5.69 Å². The molecule has 0 aliphatic rings. The summed E-state index contributed by atoms with van der Waals surface area (Å²) in [5.74, 6) is -1.20. The van der Waals surface area contributed by atoms with E-state index >= 15 is 0 Å². The molecule has 0 bridgehead atoms. The highest BCUT2D eigenvalue weighted by molar-refractivity contribution is 7.92. The van der Waals surface area contributed by atoms with Crippen LogP contribution in [0.1, 0.15) is 36.7 Å². The van der Waals surface area contributed by atoms with Crippen LogP contribution in [-0.4, -0.2) is 32.4 Å². The lowest BCUT2D eigenvalue weighted by Gasteiger charge is -2.15. The lowest BCUT2D eigenvalue weighted by Crippen LogP contribution is -2.39. The molecule has 2 N–H and O–H groups in total. The van der Waals surface area contributed by atoms with Crippen molar-refractivity contribution in [2.45, 2.75) is 44.7 Å².